The minimum Gasteiger partial charge on any atom is -0.504 e. The van der Waals surface area contributed by atoms with Gasteiger partial charge in [0, 0.05) is 6.42 Å². The zero-order chi connectivity index (χ0) is 13.7. The van der Waals surface area contributed by atoms with Crippen LogP contribution in [0, 0.1) is 0 Å². The number of pyridine rings is 1. The summed E-state index contributed by atoms with van der Waals surface area (Å²) in [7, 11) is 0. The minimum absolute atomic E-state index is 0.0298. The van der Waals surface area contributed by atoms with Crippen molar-refractivity contribution in [3.8, 4) is 5.75 Å². The number of nitrogens with zero attached hydrogens (tertiary/aromatic N) is 1. The average Bonchev–Trinajstić information content (AvgIpc) is 2.31. The lowest BCUT2D eigenvalue weighted by atomic mass is 10.1. The molecule has 0 saturated heterocycles. The summed E-state index contributed by atoms with van der Waals surface area (Å²) in [5, 5.41) is 9.69. The highest BCUT2D eigenvalue weighted by molar-refractivity contribution is 9.11. The lowest BCUT2D eigenvalue weighted by molar-refractivity contribution is -0.143. The maximum Gasteiger partial charge on any atom is 0.306 e. The maximum atomic E-state index is 11.8. The molecule has 7 heteroatoms. The van der Waals surface area contributed by atoms with Gasteiger partial charge in [-0.05, 0) is 44.8 Å². The fraction of sp³-hybridized carbons (Fsp3) is 0.364. The van der Waals surface area contributed by atoms with Crippen LogP contribution in [0.4, 0.5) is 0 Å². The molecule has 0 fully saturated rings. The summed E-state index contributed by atoms with van der Waals surface area (Å²) < 4.78 is 5.50. The SMILES string of the molecule is CCOC(=O)CCC(=O)c1nc(Br)cc(Br)c1O. The van der Waals surface area contributed by atoms with Gasteiger partial charge in [0.1, 0.15) is 4.60 Å². The molecule has 0 amide bonds. The lowest BCUT2D eigenvalue weighted by Crippen LogP contribution is -2.09. The molecule has 0 unspecified atom stereocenters. The number of esters is 1. The second-order valence-electron chi connectivity index (χ2n) is 3.35. The molecule has 1 aromatic heterocycles. The summed E-state index contributed by atoms with van der Waals surface area (Å²) >= 11 is 6.23. The van der Waals surface area contributed by atoms with Crippen LogP contribution < -0.4 is 0 Å². The topological polar surface area (TPSA) is 76.5 Å². The molecule has 0 aliphatic rings. The number of ether oxygens (including phenoxy) is 1. The predicted octanol–water partition coefficient (Wildman–Crippen LogP) is 2.84. The van der Waals surface area contributed by atoms with E-state index >= 15 is 0 Å². The number of carbonyl (C=O) groups excluding carboxylic acids is 2. The van der Waals surface area contributed by atoms with Gasteiger partial charge in [0.15, 0.2) is 17.2 Å². The van der Waals surface area contributed by atoms with Gasteiger partial charge in [-0.1, -0.05) is 0 Å². The standard InChI is InChI=1S/C11H11Br2NO4/c1-2-18-9(16)4-3-7(15)10-11(17)6(12)5-8(13)14-10/h5,17H,2-4H2,1H3. The van der Waals surface area contributed by atoms with Gasteiger partial charge in [0.05, 0.1) is 17.5 Å². The normalized spacial score (nSPS) is 10.2. The van der Waals surface area contributed by atoms with Crippen LogP contribution >= 0.6 is 31.9 Å². The van der Waals surface area contributed by atoms with Crippen LogP contribution in [0.1, 0.15) is 30.3 Å². The van der Waals surface area contributed by atoms with Gasteiger partial charge in [0.25, 0.3) is 0 Å². The second kappa shape index (κ2) is 6.84. The molecule has 0 radical (unpaired) electrons. The molecule has 0 aromatic carbocycles. The highest BCUT2D eigenvalue weighted by Crippen LogP contribution is 2.30. The minimum atomic E-state index is -0.445. The van der Waals surface area contributed by atoms with E-state index in [-0.39, 0.29) is 30.9 Å². The molecule has 0 bridgehead atoms. The Morgan fingerprint density at radius 1 is 1.39 bits per heavy atom. The highest BCUT2D eigenvalue weighted by Gasteiger charge is 2.18. The third kappa shape index (κ3) is 4.06. The molecule has 1 rings (SSSR count). The van der Waals surface area contributed by atoms with Crippen molar-refractivity contribution in [2.45, 2.75) is 19.8 Å². The molecule has 98 valence electrons. The Kier molecular flexibility index (Phi) is 5.74. The number of rotatable bonds is 5. The van der Waals surface area contributed by atoms with Gasteiger partial charge >= 0.3 is 5.97 Å². The number of hydrogen-bond donors (Lipinski definition) is 1. The van der Waals surface area contributed by atoms with Crippen molar-refractivity contribution in [2.75, 3.05) is 6.61 Å². The third-order valence-corrected chi connectivity index (χ3v) is 3.05. The quantitative estimate of drug-likeness (QED) is 0.482. The van der Waals surface area contributed by atoms with Gasteiger partial charge in [-0.15, -0.1) is 0 Å². The summed E-state index contributed by atoms with van der Waals surface area (Å²) in [4.78, 5) is 26.8. The van der Waals surface area contributed by atoms with E-state index < -0.39 is 11.8 Å². The van der Waals surface area contributed by atoms with Crippen LogP contribution in [0.25, 0.3) is 0 Å². The summed E-state index contributed by atoms with van der Waals surface area (Å²) in [6.45, 7) is 1.97. The molecule has 0 aliphatic heterocycles. The number of ketones is 1. The van der Waals surface area contributed by atoms with E-state index in [1.54, 1.807) is 6.92 Å². The molecular formula is C11H11Br2NO4. The summed E-state index contributed by atoms with van der Waals surface area (Å²) in [5.74, 6) is -1.09. The summed E-state index contributed by atoms with van der Waals surface area (Å²) in [6, 6.07) is 1.53. The first-order valence-electron chi connectivity index (χ1n) is 5.19. The fourth-order valence-corrected chi connectivity index (χ4v) is 2.36. The van der Waals surface area contributed by atoms with Crippen LogP contribution in [0.5, 0.6) is 5.75 Å². The molecule has 0 atom stereocenters. The number of aromatic nitrogens is 1. The molecular weight excluding hydrogens is 370 g/mol. The smallest absolute Gasteiger partial charge is 0.306 e. The van der Waals surface area contributed by atoms with Crippen molar-refractivity contribution in [1.82, 2.24) is 4.98 Å². The number of hydrogen-bond acceptors (Lipinski definition) is 5. The summed E-state index contributed by atoms with van der Waals surface area (Å²) in [5.41, 5.74) is -0.0689. The van der Waals surface area contributed by atoms with Crippen LogP contribution in [0.2, 0.25) is 0 Å². The molecule has 1 N–H and O–H groups in total. The number of carbonyl (C=O) groups is 2. The number of Topliss-reactive ketones (excluding diaryl/α,β-unsaturated/α-hetero) is 1. The Balaban J connectivity index is 2.76. The van der Waals surface area contributed by atoms with Crippen LogP contribution in [0.3, 0.4) is 0 Å². The molecule has 1 aromatic rings. The summed E-state index contributed by atoms with van der Waals surface area (Å²) in [6.07, 6.45) is -0.0831. The van der Waals surface area contributed by atoms with Crippen molar-refractivity contribution < 1.29 is 19.4 Å². The van der Waals surface area contributed by atoms with E-state index in [4.69, 9.17) is 4.74 Å². The van der Waals surface area contributed by atoms with Crippen molar-refractivity contribution in [3.05, 3.63) is 20.8 Å². The third-order valence-electron chi connectivity index (χ3n) is 2.04. The Morgan fingerprint density at radius 3 is 2.67 bits per heavy atom. The monoisotopic (exact) mass is 379 g/mol. The Labute approximate surface area is 121 Å². The van der Waals surface area contributed by atoms with Crippen molar-refractivity contribution in [1.29, 1.82) is 0 Å². The van der Waals surface area contributed by atoms with Gasteiger partial charge in [-0.25, -0.2) is 4.98 Å². The molecule has 18 heavy (non-hydrogen) atoms. The molecule has 0 saturated carbocycles. The van der Waals surface area contributed by atoms with Crippen LogP contribution in [-0.2, 0) is 9.53 Å². The second-order valence-corrected chi connectivity index (χ2v) is 5.02. The van der Waals surface area contributed by atoms with Gasteiger partial charge in [-0.2, -0.15) is 0 Å². The Bertz CT molecular complexity index is 476. The first-order valence-corrected chi connectivity index (χ1v) is 6.78. The van der Waals surface area contributed by atoms with Crippen molar-refractivity contribution >= 4 is 43.6 Å². The van der Waals surface area contributed by atoms with E-state index in [1.165, 1.54) is 6.07 Å². The van der Waals surface area contributed by atoms with E-state index in [1.807, 2.05) is 0 Å². The first kappa shape index (κ1) is 15.1. The maximum absolute atomic E-state index is 11.8. The van der Waals surface area contributed by atoms with Crippen molar-refractivity contribution in [2.24, 2.45) is 0 Å². The fourth-order valence-electron chi connectivity index (χ4n) is 1.24. The van der Waals surface area contributed by atoms with Crippen molar-refractivity contribution in [3.63, 3.8) is 0 Å². The van der Waals surface area contributed by atoms with E-state index in [9.17, 15) is 14.7 Å². The first-order chi connectivity index (χ1) is 8.45. The van der Waals surface area contributed by atoms with Gasteiger partial charge in [0.2, 0.25) is 0 Å². The van der Waals surface area contributed by atoms with E-state index in [0.717, 1.165) is 0 Å². The highest BCUT2D eigenvalue weighted by atomic mass is 79.9. The zero-order valence-corrected chi connectivity index (χ0v) is 12.7. The zero-order valence-electron chi connectivity index (χ0n) is 9.57. The van der Waals surface area contributed by atoms with Gasteiger partial charge < -0.3 is 9.84 Å². The Morgan fingerprint density at radius 2 is 2.06 bits per heavy atom. The molecule has 0 aliphatic carbocycles. The average molecular weight is 381 g/mol. The van der Waals surface area contributed by atoms with Crippen LogP contribution in [-0.4, -0.2) is 28.4 Å². The molecule has 5 nitrogen and oxygen atoms in total. The predicted molar refractivity (Wildman–Crippen MR) is 71.5 cm³/mol. The number of halogens is 2. The van der Waals surface area contributed by atoms with E-state index in [2.05, 4.69) is 36.8 Å². The van der Waals surface area contributed by atoms with E-state index in [0.29, 0.717) is 9.08 Å². The number of aromatic hydroxyl groups is 1. The largest absolute Gasteiger partial charge is 0.504 e. The lowest BCUT2D eigenvalue weighted by Gasteiger charge is -2.05. The Hall–Kier alpha value is -0.950. The molecule has 0 spiro atoms. The van der Waals surface area contributed by atoms with Crippen LogP contribution in [0.15, 0.2) is 15.1 Å². The molecule has 1 heterocycles. The van der Waals surface area contributed by atoms with Gasteiger partial charge in [-0.3, -0.25) is 9.59 Å².